The average Bonchev–Trinajstić information content (AvgIpc) is 2.53. The van der Waals surface area contributed by atoms with Crippen LogP contribution in [-0.2, 0) is 15.3 Å². The second-order valence-electron chi connectivity index (χ2n) is 5.56. The first kappa shape index (κ1) is 19.7. The van der Waals surface area contributed by atoms with Gasteiger partial charge in [-0.1, -0.05) is 19.1 Å². The van der Waals surface area contributed by atoms with Crippen LogP contribution in [0, 0.1) is 5.92 Å². The lowest BCUT2D eigenvalue weighted by Gasteiger charge is -2.17. The standard InChI is InChI=1S/C16H24N2O3S2/c1-11(8-22)15(19)17-14(16(20)21)10-23-9-12-4-6-13(7-5-12)18(2)3/h4-7,11,14,22H,8-10H2,1-3H3,(H,17,19)(H,20,21)/t11-,14-/m0/s1. The van der Waals surface area contributed by atoms with Crippen molar-refractivity contribution in [1.29, 1.82) is 0 Å². The Morgan fingerprint density at radius 3 is 2.39 bits per heavy atom. The van der Waals surface area contributed by atoms with Crippen LogP contribution in [0.5, 0.6) is 0 Å². The number of carboxylic acids is 1. The Hall–Kier alpha value is -1.34. The van der Waals surface area contributed by atoms with Crippen molar-refractivity contribution in [3.05, 3.63) is 29.8 Å². The topological polar surface area (TPSA) is 69.6 Å². The van der Waals surface area contributed by atoms with Crippen LogP contribution in [0.25, 0.3) is 0 Å². The minimum absolute atomic E-state index is 0.275. The Labute approximate surface area is 147 Å². The summed E-state index contributed by atoms with van der Waals surface area (Å²) in [5, 5.41) is 11.8. The molecule has 1 rings (SSSR count). The van der Waals surface area contributed by atoms with E-state index < -0.39 is 12.0 Å². The third-order valence-electron chi connectivity index (χ3n) is 3.34. The smallest absolute Gasteiger partial charge is 0.327 e. The molecule has 2 N–H and O–H groups in total. The molecule has 0 radical (unpaired) electrons. The first-order valence-corrected chi connectivity index (χ1v) is 9.12. The van der Waals surface area contributed by atoms with Gasteiger partial charge in [0.2, 0.25) is 5.91 Å². The van der Waals surface area contributed by atoms with E-state index in [1.165, 1.54) is 11.8 Å². The number of carbonyl (C=O) groups excluding carboxylic acids is 1. The second-order valence-corrected chi connectivity index (χ2v) is 6.95. The minimum atomic E-state index is -1.01. The van der Waals surface area contributed by atoms with Gasteiger partial charge >= 0.3 is 5.97 Å². The van der Waals surface area contributed by atoms with Crippen LogP contribution < -0.4 is 10.2 Å². The van der Waals surface area contributed by atoms with Gasteiger partial charge in [-0.2, -0.15) is 24.4 Å². The zero-order valence-corrected chi connectivity index (χ0v) is 15.4. The zero-order chi connectivity index (χ0) is 17.4. The van der Waals surface area contributed by atoms with Crippen molar-refractivity contribution >= 4 is 42.0 Å². The lowest BCUT2D eigenvalue weighted by atomic mass is 10.2. The number of hydrogen-bond acceptors (Lipinski definition) is 5. The Morgan fingerprint density at radius 2 is 1.91 bits per heavy atom. The van der Waals surface area contributed by atoms with E-state index in [9.17, 15) is 14.7 Å². The number of carbonyl (C=O) groups is 2. The van der Waals surface area contributed by atoms with E-state index in [1.807, 2.05) is 43.3 Å². The molecule has 0 unspecified atom stereocenters. The van der Waals surface area contributed by atoms with Crippen molar-refractivity contribution in [3.8, 4) is 0 Å². The summed E-state index contributed by atoms with van der Waals surface area (Å²) in [6.45, 7) is 1.72. The molecule has 0 fully saturated rings. The summed E-state index contributed by atoms with van der Waals surface area (Å²) < 4.78 is 0. The predicted molar refractivity (Wildman–Crippen MR) is 99.5 cm³/mol. The highest BCUT2D eigenvalue weighted by Crippen LogP contribution is 2.17. The number of thioether (sulfide) groups is 1. The van der Waals surface area contributed by atoms with Crippen LogP contribution in [0.2, 0.25) is 0 Å². The summed E-state index contributed by atoms with van der Waals surface area (Å²) in [6.07, 6.45) is 0. The number of benzene rings is 1. The highest BCUT2D eigenvalue weighted by Gasteiger charge is 2.22. The van der Waals surface area contributed by atoms with Gasteiger partial charge in [-0.25, -0.2) is 4.79 Å². The molecule has 0 heterocycles. The Kier molecular flexibility index (Phi) is 8.33. The van der Waals surface area contributed by atoms with E-state index in [4.69, 9.17) is 0 Å². The van der Waals surface area contributed by atoms with Gasteiger partial charge in [-0.3, -0.25) is 4.79 Å². The third-order valence-corrected chi connectivity index (χ3v) is 5.00. The van der Waals surface area contributed by atoms with E-state index in [1.54, 1.807) is 6.92 Å². The SMILES string of the molecule is C[C@@H](CS)C(=O)N[C@@H](CSCc1ccc(N(C)C)cc1)C(=O)O. The number of rotatable bonds is 9. The van der Waals surface area contributed by atoms with Crippen molar-refractivity contribution in [2.24, 2.45) is 5.92 Å². The summed E-state index contributed by atoms with van der Waals surface area (Å²) in [5.74, 6) is -0.165. The quantitative estimate of drug-likeness (QED) is 0.591. The van der Waals surface area contributed by atoms with Crippen LogP contribution in [0.4, 0.5) is 5.69 Å². The van der Waals surface area contributed by atoms with Crippen molar-refractivity contribution in [1.82, 2.24) is 5.32 Å². The van der Waals surface area contributed by atoms with Crippen molar-refractivity contribution in [2.45, 2.75) is 18.7 Å². The Bertz CT molecular complexity index is 521. The molecular formula is C16H24N2O3S2. The van der Waals surface area contributed by atoms with Gasteiger partial charge in [-0.15, -0.1) is 0 Å². The molecule has 128 valence electrons. The number of carboxylic acid groups (broad SMARTS) is 1. The fraction of sp³-hybridized carbons (Fsp3) is 0.500. The molecular weight excluding hydrogens is 332 g/mol. The van der Waals surface area contributed by atoms with Gasteiger partial charge in [0.05, 0.1) is 0 Å². The van der Waals surface area contributed by atoms with Crippen molar-refractivity contribution < 1.29 is 14.7 Å². The lowest BCUT2D eigenvalue weighted by Crippen LogP contribution is -2.45. The largest absolute Gasteiger partial charge is 0.480 e. The summed E-state index contributed by atoms with van der Waals surface area (Å²) in [5.41, 5.74) is 2.25. The van der Waals surface area contributed by atoms with Crippen molar-refractivity contribution in [2.75, 3.05) is 30.5 Å². The molecule has 0 saturated heterocycles. The summed E-state index contributed by atoms with van der Waals surface area (Å²) >= 11 is 5.54. The highest BCUT2D eigenvalue weighted by atomic mass is 32.2. The predicted octanol–water partition coefficient (Wildman–Crippen LogP) is 2.12. The molecule has 1 aromatic carbocycles. The number of hydrogen-bond donors (Lipinski definition) is 3. The fourth-order valence-corrected chi connectivity index (χ4v) is 2.93. The molecule has 0 spiro atoms. The Morgan fingerprint density at radius 1 is 1.30 bits per heavy atom. The second kappa shape index (κ2) is 9.72. The normalized spacial score (nSPS) is 13.2. The van der Waals surface area contributed by atoms with Crippen molar-refractivity contribution in [3.63, 3.8) is 0 Å². The number of nitrogens with one attached hydrogen (secondary N) is 1. The van der Waals surface area contributed by atoms with Gasteiger partial charge < -0.3 is 15.3 Å². The van der Waals surface area contributed by atoms with E-state index in [-0.39, 0.29) is 11.8 Å². The molecule has 0 bridgehead atoms. The lowest BCUT2D eigenvalue weighted by molar-refractivity contribution is -0.141. The molecule has 0 aromatic heterocycles. The molecule has 1 amide bonds. The van der Waals surface area contributed by atoms with E-state index >= 15 is 0 Å². The first-order chi connectivity index (χ1) is 10.8. The summed E-state index contributed by atoms with van der Waals surface area (Å²) in [7, 11) is 3.96. The highest BCUT2D eigenvalue weighted by molar-refractivity contribution is 7.98. The van der Waals surface area contributed by atoms with E-state index in [0.717, 1.165) is 11.3 Å². The van der Waals surface area contributed by atoms with E-state index in [0.29, 0.717) is 17.3 Å². The van der Waals surface area contributed by atoms with Gasteiger partial charge in [0, 0.05) is 43.0 Å². The first-order valence-electron chi connectivity index (χ1n) is 7.33. The van der Waals surface area contributed by atoms with Gasteiger partial charge in [0.25, 0.3) is 0 Å². The molecule has 1 aromatic rings. The summed E-state index contributed by atoms with van der Waals surface area (Å²) in [6, 6.07) is 7.23. The van der Waals surface area contributed by atoms with Crippen LogP contribution in [0.15, 0.2) is 24.3 Å². The zero-order valence-electron chi connectivity index (χ0n) is 13.7. The van der Waals surface area contributed by atoms with E-state index in [2.05, 4.69) is 17.9 Å². The number of amides is 1. The molecule has 2 atom stereocenters. The maximum absolute atomic E-state index is 11.8. The van der Waals surface area contributed by atoms with Gasteiger partial charge in [0.15, 0.2) is 0 Å². The number of anilines is 1. The number of thiol groups is 1. The van der Waals surface area contributed by atoms with Crippen LogP contribution in [0.3, 0.4) is 0 Å². The molecule has 0 aliphatic heterocycles. The molecule has 0 saturated carbocycles. The number of aliphatic carboxylic acids is 1. The summed E-state index contributed by atoms with van der Waals surface area (Å²) in [4.78, 5) is 25.1. The molecule has 0 aliphatic rings. The molecule has 0 aliphatic carbocycles. The van der Waals surface area contributed by atoms with Gasteiger partial charge in [0.1, 0.15) is 6.04 Å². The molecule has 5 nitrogen and oxygen atoms in total. The van der Waals surface area contributed by atoms with Crippen LogP contribution >= 0.6 is 24.4 Å². The molecule has 7 heteroatoms. The van der Waals surface area contributed by atoms with Gasteiger partial charge in [-0.05, 0) is 17.7 Å². The maximum Gasteiger partial charge on any atom is 0.327 e. The monoisotopic (exact) mass is 356 g/mol. The number of nitrogens with zero attached hydrogens (tertiary/aromatic N) is 1. The Balaban J connectivity index is 2.49. The maximum atomic E-state index is 11.8. The molecule has 23 heavy (non-hydrogen) atoms. The minimum Gasteiger partial charge on any atom is -0.480 e. The average molecular weight is 357 g/mol. The third kappa shape index (κ3) is 6.74. The van der Waals surface area contributed by atoms with Crippen LogP contribution in [-0.4, -0.2) is 48.6 Å². The fourth-order valence-electron chi connectivity index (χ4n) is 1.76. The van der Waals surface area contributed by atoms with Crippen LogP contribution in [0.1, 0.15) is 12.5 Å².